The zero-order valence-electron chi connectivity index (χ0n) is 22.9. The van der Waals surface area contributed by atoms with E-state index in [1.165, 1.54) is 16.0 Å². The van der Waals surface area contributed by atoms with Crippen LogP contribution in [0.3, 0.4) is 0 Å². The molecule has 0 aliphatic carbocycles. The summed E-state index contributed by atoms with van der Waals surface area (Å²) in [5, 5.41) is 20.0. The van der Waals surface area contributed by atoms with Crippen LogP contribution in [-0.2, 0) is 17.7 Å². The van der Waals surface area contributed by atoms with Crippen LogP contribution in [0.15, 0.2) is 83.1 Å². The molecule has 0 spiro atoms. The predicted octanol–water partition coefficient (Wildman–Crippen LogP) is 6.57. The van der Waals surface area contributed by atoms with Crippen LogP contribution in [0.1, 0.15) is 28.0 Å². The largest absolute Gasteiger partial charge is 0.472 e. The Hall–Kier alpha value is -4.00. The van der Waals surface area contributed by atoms with Crippen molar-refractivity contribution < 1.29 is 9.15 Å². The molecule has 0 bridgehead atoms. The van der Waals surface area contributed by atoms with E-state index in [0.29, 0.717) is 5.56 Å². The molecule has 1 fully saturated rings. The number of furan rings is 1. The average Bonchev–Trinajstić information content (AvgIpc) is 3.71. The standard InChI is InChI=1S/C33H33N5O2S/c34-19-28-20-36-32-18-26(27-17-30(41-23-27)21-35-9-1-10-38-11-14-39-15-12-38)4-7-31(32)33(28)37-29-5-2-24(3-6-29)16-25-8-13-40-22-25/h2-8,13,17-18,20,22-23,35H,1,9-12,14-16,21H2,(H,36,37). The molecule has 41 heavy (non-hydrogen) atoms. The lowest BCUT2D eigenvalue weighted by molar-refractivity contribution is 0.0374. The summed E-state index contributed by atoms with van der Waals surface area (Å²) >= 11 is 1.78. The quantitative estimate of drug-likeness (QED) is 0.176. The van der Waals surface area contributed by atoms with Crippen molar-refractivity contribution in [2.24, 2.45) is 0 Å². The van der Waals surface area contributed by atoms with E-state index in [1.54, 1.807) is 30.1 Å². The van der Waals surface area contributed by atoms with Crippen molar-refractivity contribution in [1.82, 2.24) is 15.2 Å². The van der Waals surface area contributed by atoms with E-state index in [1.807, 2.05) is 18.2 Å². The first-order valence-electron chi connectivity index (χ1n) is 14.0. The number of hydrogen-bond acceptors (Lipinski definition) is 8. The van der Waals surface area contributed by atoms with Gasteiger partial charge in [-0.05, 0) is 77.5 Å². The molecule has 4 heterocycles. The second-order valence-corrected chi connectivity index (χ2v) is 11.3. The molecule has 208 valence electrons. The van der Waals surface area contributed by atoms with Gasteiger partial charge in [0, 0.05) is 48.2 Å². The van der Waals surface area contributed by atoms with Gasteiger partial charge in [0.05, 0.1) is 42.5 Å². The summed E-state index contributed by atoms with van der Waals surface area (Å²) in [6, 6.07) is 21.1. The van der Waals surface area contributed by atoms with Crippen LogP contribution in [0.5, 0.6) is 0 Å². The Morgan fingerprint density at radius 1 is 1.00 bits per heavy atom. The molecule has 8 heteroatoms. The second-order valence-electron chi connectivity index (χ2n) is 10.3. The van der Waals surface area contributed by atoms with E-state index in [4.69, 9.17) is 9.15 Å². The second kappa shape index (κ2) is 13.1. The van der Waals surface area contributed by atoms with Gasteiger partial charge in [-0.25, -0.2) is 0 Å². The minimum atomic E-state index is 0.519. The number of ether oxygens (including phenoxy) is 1. The number of nitriles is 1. The maximum Gasteiger partial charge on any atom is 0.103 e. The van der Waals surface area contributed by atoms with E-state index in [2.05, 4.69) is 68.4 Å². The van der Waals surface area contributed by atoms with Crippen LogP contribution in [-0.4, -0.2) is 49.3 Å². The number of aromatic nitrogens is 1. The molecule has 2 aromatic carbocycles. The number of rotatable bonds is 11. The zero-order valence-corrected chi connectivity index (χ0v) is 23.8. The highest BCUT2D eigenvalue weighted by molar-refractivity contribution is 7.10. The monoisotopic (exact) mass is 563 g/mol. The maximum absolute atomic E-state index is 9.80. The smallest absolute Gasteiger partial charge is 0.103 e. The molecule has 1 aliphatic rings. The molecule has 1 aliphatic heterocycles. The number of anilines is 2. The van der Waals surface area contributed by atoms with Crippen LogP contribution in [0.25, 0.3) is 22.0 Å². The molecule has 1 saturated heterocycles. The third-order valence-electron chi connectivity index (χ3n) is 7.42. The number of thiophene rings is 1. The molecule has 0 radical (unpaired) electrons. The van der Waals surface area contributed by atoms with Gasteiger partial charge in [-0.2, -0.15) is 5.26 Å². The van der Waals surface area contributed by atoms with Crippen LogP contribution in [0.4, 0.5) is 11.4 Å². The molecule has 0 saturated carbocycles. The number of benzene rings is 2. The Labute approximate surface area is 244 Å². The Balaban J connectivity index is 1.11. The van der Waals surface area contributed by atoms with Gasteiger partial charge in [0.15, 0.2) is 0 Å². The van der Waals surface area contributed by atoms with Crippen molar-refractivity contribution in [2.75, 3.05) is 44.7 Å². The van der Waals surface area contributed by atoms with Gasteiger partial charge in [0.1, 0.15) is 6.07 Å². The Morgan fingerprint density at radius 2 is 1.88 bits per heavy atom. The molecule has 0 amide bonds. The molecule has 0 unspecified atom stereocenters. The van der Waals surface area contributed by atoms with Gasteiger partial charge in [-0.15, -0.1) is 11.3 Å². The Morgan fingerprint density at radius 3 is 2.68 bits per heavy atom. The highest BCUT2D eigenvalue weighted by atomic mass is 32.1. The first-order valence-corrected chi connectivity index (χ1v) is 14.9. The van der Waals surface area contributed by atoms with Crippen molar-refractivity contribution in [2.45, 2.75) is 19.4 Å². The first-order chi connectivity index (χ1) is 20.2. The SMILES string of the molecule is N#Cc1cnc2cc(-c3csc(CNCCCN4CCOCC4)c3)ccc2c1Nc1ccc(Cc2ccoc2)cc1. The first kappa shape index (κ1) is 27.2. The topological polar surface area (TPSA) is 86.4 Å². The van der Waals surface area contributed by atoms with Crippen LogP contribution >= 0.6 is 11.3 Å². The minimum absolute atomic E-state index is 0.519. The number of fused-ring (bicyclic) bond motifs is 1. The molecular formula is C33H33N5O2S. The summed E-state index contributed by atoms with van der Waals surface area (Å²) in [5.74, 6) is 0. The molecule has 5 aromatic rings. The number of pyridine rings is 1. The summed E-state index contributed by atoms with van der Waals surface area (Å²) in [4.78, 5) is 8.41. The highest BCUT2D eigenvalue weighted by Gasteiger charge is 2.12. The molecule has 3 aromatic heterocycles. The summed E-state index contributed by atoms with van der Waals surface area (Å²) < 4.78 is 10.6. The number of nitrogens with zero attached hydrogens (tertiary/aromatic N) is 3. The fraction of sp³-hybridized carbons (Fsp3) is 0.273. The molecule has 0 atom stereocenters. The van der Waals surface area contributed by atoms with E-state index in [0.717, 1.165) is 92.2 Å². The number of nitrogens with one attached hydrogen (secondary N) is 2. The normalized spacial score (nSPS) is 13.8. The predicted molar refractivity (Wildman–Crippen MR) is 165 cm³/mol. The average molecular weight is 564 g/mol. The van der Waals surface area contributed by atoms with Crippen molar-refractivity contribution in [3.63, 3.8) is 0 Å². The lowest BCUT2D eigenvalue weighted by Gasteiger charge is -2.26. The van der Waals surface area contributed by atoms with Gasteiger partial charge < -0.3 is 19.8 Å². The van der Waals surface area contributed by atoms with Crippen molar-refractivity contribution in [1.29, 1.82) is 5.26 Å². The van der Waals surface area contributed by atoms with E-state index >= 15 is 0 Å². The summed E-state index contributed by atoms with van der Waals surface area (Å²) in [5.41, 5.74) is 7.73. The minimum Gasteiger partial charge on any atom is -0.472 e. The van der Waals surface area contributed by atoms with Crippen molar-refractivity contribution in [3.8, 4) is 17.2 Å². The van der Waals surface area contributed by atoms with E-state index in [9.17, 15) is 5.26 Å². The van der Waals surface area contributed by atoms with E-state index in [-0.39, 0.29) is 0 Å². The number of morpholine rings is 1. The molecule has 2 N–H and O–H groups in total. The molecular weight excluding hydrogens is 530 g/mol. The highest BCUT2D eigenvalue weighted by Crippen LogP contribution is 2.33. The fourth-order valence-electron chi connectivity index (χ4n) is 5.16. The van der Waals surface area contributed by atoms with Crippen LogP contribution in [0.2, 0.25) is 0 Å². The molecule has 7 nitrogen and oxygen atoms in total. The molecule has 6 rings (SSSR count). The van der Waals surface area contributed by atoms with Crippen LogP contribution in [0, 0.1) is 11.3 Å². The van der Waals surface area contributed by atoms with Crippen molar-refractivity contribution >= 4 is 33.6 Å². The third kappa shape index (κ3) is 6.84. The maximum atomic E-state index is 9.80. The van der Waals surface area contributed by atoms with Gasteiger partial charge >= 0.3 is 0 Å². The summed E-state index contributed by atoms with van der Waals surface area (Å²) in [6.45, 7) is 6.81. The Kier molecular flexibility index (Phi) is 8.69. The van der Waals surface area contributed by atoms with Gasteiger partial charge in [-0.1, -0.05) is 24.3 Å². The van der Waals surface area contributed by atoms with Crippen LogP contribution < -0.4 is 10.6 Å². The lowest BCUT2D eigenvalue weighted by Crippen LogP contribution is -2.37. The Bertz CT molecular complexity index is 1620. The fourth-order valence-corrected chi connectivity index (χ4v) is 6.02. The van der Waals surface area contributed by atoms with Gasteiger partial charge in [0.25, 0.3) is 0 Å². The third-order valence-corrected chi connectivity index (χ3v) is 8.36. The zero-order chi connectivity index (χ0) is 27.9. The van der Waals surface area contributed by atoms with Gasteiger partial charge in [-0.3, -0.25) is 9.88 Å². The summed E-state index contributed by atoms with van der Waals surface area (Å²) in [7, 11) is 0. The van der Waals surface area contributed by atoms with Crippen molar-refractivity contribution in [3.05, 3.63) is 100 Å². The van der Waals surface area contributed by atoms with Gasteiger partial charge in [0.2, 0.25) is 0 Å². The summed E-state index contributed by atoms with van der Waals surface area (Å²) in [6.07, 6.45) is 7.08. The number of hydrogen-bond donors (Lipinski definition) is 2. The lowest BCUT2D eigenvalue weighted by atomic mass is 10.0. The van der Waals surface area contributed by atoms with E-state index < -0.39 is 0 Å².